The van der Waals surface area contributed by atoms with Gasteiger partial charge in [-0.3, -0.25) is 4.90 Å². The van der Waals surface area contributed by atoms with E-state index < -0.39 is 17.4 Å². The number of amides is 2. The van der Waals surface area contributed by atoms with Crippen LogP contribution in [-0.4, -0.2) is 53.2 Å². The fraction of sp³-hybridized carbons (Fsp3) is 0.857. The number of urea groups is 1. The van der Waals surface area contributed by atoms with Gasteiger partial charge in [-0.2, -0.15) is 0 Å². The zero-order valence-corrected chi connectivity index (χ0v) is 12.5. The van der Waals surface area contributed by atoms with Crippen molar-refractivity contribution in [3.05, 3.63) is 0 Å². The predicted molar refractivity (Wildman–Crippen MR) is 75.5 cm³/mol. The molecule has 2 aliphatic rings. The molecular weight excluding hydrogens is 258 g/mol. The number of nitrogens with zero attached hydrogens (tertiary/aromatic N) is 1. The number of carboxylic acids is 1. The molecule has 0 saturated carbocycles. The second kappa shape index (κ2) is 5.60. The van der Waals surface area contributed by atoms with Crippen molar-refractivity contribution in [2.45, 2.75) is 58.2 Å². The van der Waals surface area contributed by atoms with Gasteiger partial charge in [-0.1, -0.05) is 20.8 Å². The molecule has 2 rings (SSSR count). The number of carbonyl (C=O) groups is 2. The highest BCUT2D eigenvalue weighted by atomic mass is 16.4. The van der Waals surface area contributed by atoms with Crippen LogP contribution in [0.5, 0.6) is 0 Å². The van der Waals surface area contributed by atoms with Crippen molar-refractivity contribution in [2.75, 3.05) is 13.1 Å². The molecule has 0 spiro atoms. The number of nitrogens with one attached hydrogen (secondary N) is 2. The minimum Gasteiger partial charge on any atom is -0.480 e. The zero-order chi connectivity index (χ0) is 14.9. The van der Waals surface area contributed by atoms with Crippen LogP contribution in [0.25, 0.3) is 0 Å². The van der Waals surface area contributed by atoms with Gasteiger partial charge in [0.1, 0.15) is 6.04 Å². The van der Waals surface area contributed by atoms with E-state index in [1.807, 2.05) is 0 Å². The minimum absolute atomic E-state index is 0.145. The number of rotatable bonds is 3. The van der Waals surface area contributed by atoms with E-state index >= 15 is 0 Å². The molecule has 6 nitrogen and oxygen atoms in total. The maximum absolute atomic E-state index is 12.0. The number of hydrogen-bond donors (Lipinski definition) is 3. The Morgan fingerprint density at radius 2 is 1.95 bits per heavy atom. The second-order valence-corrected chi connectivity index (χ2v) is 6.90. The van der Waals surface area contributed by atoms with Crippen molar-refractivity contribution in [3.8, 4) is 0 Å². The standard InChI is InChI=1S/C14H25N3O3/c1-14(2,3)11(12(18)19)16-13(20)15-9-6-8-17-7-4-5-10(9)17/h9-11H,4-8H2,1-3H3,(H,18,19)(H2,15,16,20)/t9?,10?,11-/m1/s1. The zero-order valence-electron chi connectivity index (χ0n) is 12.5. The Morgan fingerprint density at radius 1 is 1.25 bits per heavy atom. The second-order valence-electron chi connectivity index (χ2n) is 6.90. The van der Waals surface area contributed by atoms with Crippen molar-refractivity contribution < 1.29 is 14.7 Å². The Morgan fingerprint density at radius 3 is 2.55 bits per heavy atom. The molecule has 0 bridgehead atoms. The molecule has 2 unspecified atom stereocenters. The Bertz CT molecular complexity index is 392. The average Bonchev–Trinajstić information content (AvgIpc) is 2.89. The highest BCUT2D eigenvalue weighted by Gasteiger charge is 2.39. The lowest BCUT2D eigenvalue weighted by molar-refractivity contribution is -0.141. The van der Waals surface area contributed by atoms with Crippen molar-refractivity contribution >= 4 is 12.0 Å². The molecule has 0 radical (unpaired) electrons. The Kier molecular flexibility index (Phi) is 4.22. The first-order valence-corrected chi connectivity index (χ1v) is 7.33. The first-order chi connectivity index (χ1) is 9.29. The molecule has 2 aliphatic heterocycles. The summed E-state index contributed by atoms with van der Waals surface area (Å²) >= 11 is 0. The van der Waals surface area contributed by atoms with Crippen molar-refractivity contribution in [3.63, 3.8) is 0 Å². The van der Waals surface area contributed by atoms with Crippen LogP contribution in [0, 0.1) is 5.41 Å². The summed E-state index contributed by atoms with van der Waals surface area (Å²) in [7, 11) is 0. The van der Waals surface area contributed by atoms with E-state index in [9.17, 15) is 14.7 Å². The average molecular weight is 283 g/mol. The van der Waals surface area contributed by atoms with E-state index in [1.165, 1.54) is 6.42 Å². The van der Waals surface area contributed by atoms with Crippen molar-refractivity contribution in [2.24, 2.45) is 5.41 Å². The fourth-order valence-electron chi connectivity index (χ4n) is 3.24. The Labute approximate surface area is 119 Å². The summed E-state index contributed by atoms with van der Waals surface area (Å²) in [5.41, 5.74) is -0.516. The van der Waals surface area contributed by atoms with Gasteiger partial charge in [-0.05, 0) is 31.2 Å². The normalized spacial score (nSPS) is 27.9. The quantitative estimate of drug-likeness (QED) is 0.722. The first kappa shape index (κ1) is 15.1. The van der Waals surface area contributed by atoms with Gasteiger partial charge in [-0.25, -0.2) is 9.59 Å². The molecule has 20 heavy (non-hydrogen) atoms. The predicted octanol–water partition coefficient (Wildman–Crippen LogP) is 1.02. The molecule has 0 aromatic rings. The molecule has 3 atom stereocenters. The minimum atomic E-state index is -0.999. The van der Waals surface area contributed by atoms with Crippen LogP contribution in [0.1, 0.15) is 40.0 Å². The molecule has 2 heterocycles. The Hall–Kier alpha value is -1.30. The molecular formula is C14H25N3O3. The van der Waals surface area contributed by atoms with Gasteiger partial charge in [0, 0.05) is 18.6 Å². The summed E-state index contributed by atoms with van der Waals surface area (Å²) < 4.78 is 0. The third-order valence-corrected chi connectivity index (χ3v) is 4.31. The first-order valence-electron chi connectivity index (χ1n) is 7.33. The van der Waals surface area contributed by atoms with E-state index in [0.29, 0.717) is 6.04 Å². The third-order valence-electron chi connectivity index (χ3n) is 4.31. The van der Waals surface area contributed by atoms with Gasteiger partial charge in [0.25, 0.3) is 0 Å². The highest BCUT2D eigenvalue weighted by molar-refractivity contribution is 5.83. The van der Waals surface area contributed by atoms with Gasteiger partial charge in [0.05, 0.1) is 0 Å². The van der Waals surface area contributed by atoms with E-state index in [1.54, 1.807) is 20.8 Å². The van der Waals surface area contributed by atoms with E-state index in [-0.39, 0.29) is 12.1 Å². The smallest absolute Gasteiger partial charge is 0.326 e. The SMILES string of the molecule is CC(C)(C)[C@H](NC(=O)NC1CCN2CCCC12)C(=O)O. The lowest BCUT2D eigenvalue weighted by Gasteiger charge is -2.29. The van der Waals surface area contributed by atoms with Crippen molar-refractivity contribution in [1.82, 2.24) is 15.5 Å². The van der Waals surface area contributed by atoms with Crippen LogP contribution >= 0.6 is 0 Å². The number of hydrogen-bond acceptors (Lipinski definition) is 3. The monoisotopic (exact) mass is 283 g/mol. The molecule has 0 aliphatic carbocycles. The highest BCUT2D eigenvalue weighted by Crippen LogP contribution is 2.28. The summed E-state index contributed by atoms with van der Waals surface area (Å²) in [6.07, 6.45) is 3.25. The van der Waals surface area contributed by atoms with Crippen LogP contribution in [0.3, 0.4) is 0 Å². The Balaban J connectivity index is 1.90. The van der Waals surface area contributed by atoms with Crippen LogP contribution in [0.15, 0.2) is 0 Å². The molecule has 2 amide bonds. The lowest BCUT2D eigenvalue weighted by Crippen LogP contribution is -2.55. The van der Waals surface area contributed by atoms with Gasteiger partial charge in [0.2, 0.25) is 0 Å². The summed E-state index contributed by atoms with van der Waals surface area (Å²) in [6, 6.07) is -0.680. The topological polar surface area (TPSA) is 81.7 Å². The molecule has 6 heteroatoms. The van der Waals surface area contributed by atoms with Crippen molar-refractivity contribution in [1.29, 1.82) is 0 Å². The number of carbonyl (C=O) groups excluding carboxylic acids is 1. The van der Waals surface area contributed by atoms with Crippen LogP contribution in [0.4, 0.5) is 4.79 Å². The molecule has 2 fully saturated rings. The molecule has 2 saturated heterocycles. The van der Waals surface area contributed by atoms with Crippen LogP contribution in [0.2, 0.25) is 0 Å². The van der Waals surface area contributed by atoms with Crippen LogP contribution < -0.4 is 10.6 Å². The van der Waals surface area contributed by atoms with Crippen LogP contribution in [-0.2, 0) is 4.79 Å². The van der Waals surface area contributed by atoms with E-state index in [4.69, 9.17) is 0 Å². The molecule has 0 aromatic carbocycles. The molecule has 114 valence electrons. The van der Waals surface area contributed by atoms with E-state index in [0.717, 1.165) is 25.9 Å². The van der Waals surface area contributed by atoms with E-state index in [2.05, 4.69) is 15.5 Å². The summed E-state index contributed by atoms with van der Waals surface area (Å²) in [6.45, 7) is 7.56. The number of carboxylic acid groups (broad SMARTS) is 1. The summed E-state index contributed by atoms with van der Waals surface area (Å²) in [5, 5.41) is 14.8. The molecule has 3 N–H and O–H groups in total. The number of fused-ring (bicyclic) bond motifs is 1. The maximum Gasteiger partial charge on any atom is 0.326 e. The summed E-state index contributed by atoms with van der Waals surface area (Å²) in [4.78, 5) is 25.7. The third kappa shape index (κ3) is 3.23. The van der Waals surface area contributed by atoms with Gasteiger partial charge < -0.3 is 15.7 Å². The van der Waals surface area contributed by atoms with Gasteiger partial charge >= 0.3 is 12.0 Å². The van der Waals surface area contributed by atoms with Gasteiger partial charge in [-0.15, -0.1) is 0 Å². The number of aliphatic carboxylic acids is 1. The largest absolute Gasteiger partial charge is 0.480 e. The fourth-order valence-corrected chi connectivity index (χ4v) is 3.24. The maximum atomic E-state index is 12.0. The lowest BCUT2D eigenvalue weighted by atomic mass is 9.87. The van der Waals surface area contributed by atoms with Gasteiger partial charge in [0.15, 0.2) is 0 Å². The molecule has 0 aromatic heterocycles. The summed E-state index contributed by atoms with van der Waals surface area (Å²) in [5.74, 6) is -0.999.